The molecule has 1 amide bonds. The van der Waals surface area contributed by atoms with Crippen molar-refractivity contribution in [3.63, 3.8) is 0 Å². The molecule has 2 aromatic carbocycles. The minimum Gasteiger partial charge on any atom is -0.390 e. The smallest absolute Gasteiger partial charge is 0.282 e. The van der Waals surface area contributed by atoms with Gasteiger partial charge in [-0.15, -0.1) is 21.5 Å². The number of nitrogens with one attached hydrogen (secondary N) is 1. The number of carbonyl (C=O) groups is 1. The molecule has 0 radical (unpaired) electrons. The Balaban J connectivity index is 1.59. The normalized spacial score (nSPS) is 11.0. The van der Waals surface area contributed by atoms with Crippen LogP contribution in [0.15, 0.2) is 70.8 Å². The van der Waals surface area contributed by atoms with Gasteiger partial charge < -0.3 is 5.73 Å². The fraction of sp³-hybridized carbons (Fsp3) is 0. The Labute approximate surface area is 183 Å². The molecule has 0 aliphatic carbocycles. The molecule has 0 aliphatic rings. The molecular formula is C21H14N6O2S2. The van der Waals surface area contributed by atoms with Gasteiger partial charge in [0.05, 0.1) is 16.1 Å². The van der Waals surface area contributed by atoms with E-state index >= 15 is 0 Å². The number of para-hydroxylation sites is 1. The van der Waals surface area contributed by atoms with E-state index in [4.69, 9.17) is 5.73 Å². The number of carbonyl (C=O) groups excluding carboxylic acids is 1. The summed E-state index contributed by atoms with van der Waals surface area (Å²) in [6, 6.07) is 17.9. The van der Waals surface area contributed by atoms with Crippen molar-refractivity contribution in [2.45, 2.75) is 0 Å². The third kappa shape index (κ3) is 3.47. The summed E-state index contributed by atoms with van der Waals surface area (Å²) < 4.78 is 1.31. The fourth-order valence-corrected chi connectivity index (χ4v) is 4.63. The molecule has 3 aromatic heterocycles. The second-order valence-electron chi connectivity index (χ2n) is 6.52. The van der Waals surface area contributed by atoms with Gasteiger partial charge in [-0.2, -0.15) is 9.78 Å². The number of hydrogen-bond donors (Lipinski definition) is 2. The highest BCUT2D eigenvalue weighted by atomic mass is 32.1. The number of anilines is 2. The number of benzene rings is 2. The summed E-state index contributed by atoms with van der Waals surface area (Å²) in [7, 11) is 0. The first-order valence-electron chi connectivity index (χ1n) is 9.17. The Morgan fingerprint density at radius 2 is 1.71 bits per heavy atom. The summed E-state index contributed by atoms with van der Waals surface area (Å²) in [6.07, 6.45) is 0. The van der Waals surface area contributed by atoms with Crippen LogP contribution in [0.1, 0.15) is 10.4 Å². The van der Waals surface area contributed by atoms with Crippen molar-refractivity contribution in [2.75, 3.05) is 11.1 Å². The molecule has 3 N–H and O–H groups in total. The van der Waals surface area contributed by atoms with E-state index < -0.39 is 0 Å². The first kappa shape index (κ1) is 19.1. The van der Waals surface area contributed by atoms with Crippen LogP contribution in [0.5, 0.6) is 0 Å². The quantitative estimate of drug-likeness (QED) is 0.434. The number of rotatable bonds is 4. The number of hydrogen-bond acceptors (Lipinski definition) is 8. The van der Waals surface area contributed by atoms with Crippen molar-refractivity contribution in [1.29, 1.82) is 0 Å². The summed E-state index contributed by atoms with van der Waals surface area (Å²) in [4.78, 5) is 25.5. The maximum atomic E-state index is 13.0. The fourth-order valence-electron chi connectivity index (χ4n) is 3.10. The van der Waals surface area contributed by atoms with Gasteiger partial charge in [-0.1, -0.05) is 47.7 Å². The zero-order valence-electron chi connectivity index (χ0n) is 15.9. The van der Waals surface area contributed by atoms with Crippen LogP contribution in [0.3, 0.4) is 0 Å². The third-order valence-electron chi connectivity index (χ3n) is 4.57. The lowest BCUT2D eigenvalue weighted by Crippen LogP contribution is -2.22. The number of fused-ring (bicyclic) bond motifs is 1. The van der Waals surface area contributed by atoms with Crippen LogP contribution >= 0.6 is 22.7 Å². The van der Waals surface area contributed by atoms with Crippen molar-refractivity contribution >= 4 is 49.5 Å². The molecule has 0 saturated carbocycles. The molecule has 0 bridgehead atoms. The van der Waals surface area contributed by atoms with E-state index in [0.717, 1.165) is 0 Å². The van der Waals surface area contributed by atoms with Crippen LogP contribution < -0.4 is 16.6 Å². The topological polar surface area (TPSA) is 116 Å². The van der Waals surface area contributed by atoms with E-state index in [1.807, 2.05) is 24.3 Å². The maximum Gasteiger partial charge on any atom is 0.282 e. The molecule has 0 unspecified atom stereocenters. The van der Waals surface area contributed by atoms with E-state index in [9.17, 15) is 9.59 Å². The lowest BCUT2D eigenvalue weighted by Gasteiger charge is -2.07. The predicted octanol–water partition coefficient (Wildman–Crippen LogP) is 3.80. The van der Waals surface area contributed by atoms with Crippen molar-refractivity contribution in [2.24, 2.45) is 0 Å². The van der Waals surface area contributed by atoms with Gasteiger partial charge in [-0.25, -0.2) is 0 Å². The van der Waals surface area contributed by atoms with Gasteiger partial charge >= 0.3 is 0 Å². The molecule has 0 fully saturated rings. The monoisotopic (exact) mass is 446 g/mol. The van der Waals surface area contributed by atoms with Gasteiger partial charge in [0.2, 0.25) is 5.13 Å². The zero-order valence-corrected chi connectivity index (χ0v) is 17.5. The van der Waals surface area contributed by atoms with Crippen LogP contribution in [0.2, 0.25) is 0 Å². The number of nitrogens with two attached hydrogens (primary N) is 1. The van der Waals surface area contributed by atoms with Gasteiger partial charge in [-0.05, 0) is 24.3 Å². The van der Waals surface area contributed by atoms with Crippen molar-refractivity contribution in [3.8, 4) is 16.4 Å². The van der Waals surface area contributed by atoms with E-state index in [0.29, 0.717) is 42.9 Å². The molecule has 3 heterocycles. The van der Waals surface area contributed by atoms with E-state index in [2.05, 4.69) is 20.6 Å². The first-order valence-corrected chi connectivity index (χ1v) is 10.9. The molecule has 5 aromatic rings. The summed E-state index contributed by atoms with van der Waals surface area (Å²) in [5, 5.41) is 19.6. The Hall–Kier alpha value is -3.89. The largest absolute Gasteiger partial charge is 0.390 e. The molecular weight excluding hydrogens is 432 g/mol. The Kier molecular flexibility index (Phi) is 4.77. The summed E-state index contributed by atoms with van der Waals surface area (Å²) >= 11 is 2.45. The highest BCUT2D eigenvalue weighted by Crippen LogP contribution is 2.34. The highest BCUT2D eigenvalue weighted by molar-refractivity contribution is 7.19. The minimum atomic E-state index is -0.300. The van der Waals surface area contributed by atoms with Gasteiger partial charge in [0.1, 0.15) is 5.69 Å². The van der Waals surface area contributed by atoms with Gasteiger partial charge in [0.15, 0.2) is 5.01 Å². The van der Waals surface area contributed by atoms with Crippen molar-refractivity contribution in [3.05, 3.63) is 82.0 Å². The van der Waals surface area contributed by atoms with Crippen LogP contribution in [-0.4, -0.2) is 25.9 Å². The average Bonchev–Trinajstić information content (AvgIpc) is 3.42. The van der Waals surface area contributed by atoms with Gasteiger partial charge in [-0.3, -0.25) is 14.9 Å². The molecule has 10 heteroatoms. The summed E-state index contributed by atoms with van der Waals surface area (Å²) in [5.41, 5.74) is 7.40. The van der Waals surface area contributed by atoms with Gasteiger partial charge in [0, 0.05) is 16.3 Å². The molecule has 152 valence electrons. The SMILES string of the molecule is Nc1scc2c(-c3nnc(NC(=O)c4ccccc4)s3)nn(-c3ccccc3)c(=O)c12. The van der Waals surface area contributed by atoms with Crippen molar-refractivity contribution < 1.29 is 4.79 Å². The van der Waals surface area contributed by atoms with Crippen LogP contribution in [0.25, 0.3) is 27.2 Å². The van der Waals surface area contributed by atoms with Crippen molar-refractivity contribution in [1.82, 2.24) is 20.0 Å². The van der Waals surface area contributed by atoms with E-state index in [1.54, 1.807) is 41.8 Å². The third-order valence-corrected chi connectivity index (χ3v) is 6.22. The Morgan fingerprint density at radius 3 is 2.45 bits per heavy atom. The van der Waals surface area contributed by atoms with E-state index in [1.165, 1.54) is 27.4 Å². The molecule has 5 rings (SSSR count). The van der Waals surface area contributed by atoms with Crippen LogP contribution in [0, 0.1) is 0 Å². The number of nitrogen functional groups attached to an aromatic ring is 1. The molecule has 31 heavy (non-hydrogen) atoms. The maximum absolute atomic E-state index is 13.0. The van der Waals surface area contributed by atoms with Gasteiger partial charge in [0.25, 0.3) is 11.5 Å². The standard InChI is InChI=1S/C21H14N6O2S2/c22-17-15-14(11-30-17)16(26-27(20(15)29)13-9-5-2-6-10-13)19-24-25-21(31-19)23-18(28)12-7-3-1-4-8-12/h1-11H,22H2,(H,23,25,28). The highest BCUT2D eigenvalue weighted by Gasteiger charge is 2.20. The zero-order chi connectivity index (χ0) is 21.4. The summed E-state index contributed by atoms with van der Waals surface area (Å²) in [6.45, 7) is 0. The lowest BCUT2D eigenvalue weighted by atomic mass is 10.2. The second-order valence-corrected chi connectivity index (χ2v) is 8.41. The number of nitrogens with zero attached hydrogens (tertiary/aromatic N) is 4. The van der Waals surface area contributed by atoms with Crippen LogP contribution in [-0.2, 0) is 0 Å². The average molecular weight is 447 g/mol. The molecule has 0 saturated heterocycles. The number of amides is 1. The molecule has 8 nitrogen and oxygen atoms in total. The predicted molar refractivity (Wildman–Crippen MR) is 123 cm³/mol. The number of thiophene rings is 1. The minimum absolute atomic E-state index is 0.282. The molecule has 0 aliphatic heterocycles. The first-order chi connectivity index (χ1) is 15.1. The molecule has 0 spiro atoms. The Morgan fingerprint density at radius 1 is 1.00 bits per heavy atom. The van der Waals surface area contributed by atoms with Crippen LogP contribution in [0.4, 0.5) is 10.1 Å². The van der Waals surface area contributed by atoms with E-state index in [-0.39, 0.29) is 11.5 Å². The second kappa shape index (κ2) is 7.74. The Bertz CT molecular complexity index is 1460. The molecule has 0 atom stereocenters. The summed E-state index contributed by atoms with van der Waals surface area (Å²) in [5.74, 6) is -0.282. The lowest BCUT2D eigenvalue weighted by molar-refractivity contribution is 0.102. The number of aromatic nitrogens is 4.